The summed E-state index contributed by atoms with van der Waals surface area (Å²) in [5, 5.41) is 28.4. The van der Waals surface area contributed by atoms with Gasteiger partial charge in [-0.05, 0) is 42.7 Å². The number of phenolic OH excluding ortho intramolecular Hbond substituents is 1. The van der Waals surface area contributed by atoms with Crippen molar-refractivity contribution < 1.29 is 29.6 Å². The summed E-state index contributed by atoms with van der Waals surface area (Å²) >= 11 is 0. The third kappa shape index (κ3) is 2.81. The van der Waals surface area contributed by atoms with Gasteiger partial charge in [0.1, 0.15) is 0 Å². The van der Waals surface area contributed by atoms with Crippen LogP contribution in [0.2, 0.25) is 0 Å². The number of hydrogen-bond acceptors (Lipinski definition) is 4. The number of rotatable bonds is 4. The zero-order chi connectivity index (χ0) is 16.5. The molecule has 0 saturated heterocycles. The Hall–Kier alpha value is -2.76. The van der Waals surface area contributed by atoms with Crippen LogP contribution in [0.5, 0.6) is 11.5 Å². The van der Waals surface area contributed by atoms with Crippen LogP contribution in [-0.4, -0.2) is 34.4 Å². The van der Waals surface area contributed by atoms with E-state index < -0.39 is 17.4 Å². The number of phenols is 1. The Bertz CT molecular complexity index is 701. The Morgan fingerprint density at radius 1 is 1.27 bits per heavy atom. The minimum absolute atomic E-state index is 0.0118. The van der Waals surface area contributed by atoms with E-state index in [4.69, 9.17) is 4.74 Å². The van der Waals surface area contributed by atoms with E-state index in [1.165, 1.54) is 38.3 Å². The van der Waals surface area contributed by atoms with Gasteiger partial charge in [-0.1, -0.05) is 12.1 Å². The average molecular weight is 304 g/mol. The van der Waals surface area contributed by atoms with Crippen LogP contribution in [-0.2, 0) is 9.59 Å². The Kier molecular flexibility index (Phi) is 3.95. The van der Waals surface area contributed by atoms with Crippen LogP contribution >= 0.6 is 0 Å². The van der Waals surface area contributed by atoms with Crippen molar-refractivity contribution in [3.8, 4) is 11.5 Å². The zero-order valence-corrected chi connectivity index (χ0v) is 12.2. The lowest BCUT2D eigenvalue weighted by Gasteiger charge is -2.26. The highest BCUT2D eigenvalue weighted by molar-refractivity contribution is 5.96. The fraction of sp³-hybridized carbons (Fsp3) is 0.250. The average Bonchev–Trinajstić information content (AvgIpc) is 2.46. The highest BCUT2D eigenvalue weighted by atomic mass is 16.5. The summed E-state index contributed by atoms with van der Waals surface area (Å²) in [4.78, 5) is 22.7. The largest absolute Gasteiger partial charge is 0.504 e. The maximum absolute atomic E-state index is 11.5. The molecule has 1 aliphatic carbocycles. The molecule has 0 bridgehead atoms. The summed E-state index contributed by atoms with van der Waals surface area (Å²) < 4.78 is 4.95. The lowest BCUT2D eigenvalue weighted by atomic mass is 9.76. The van der Waals surface area contributed by atoms with Gasteiger partial charge in [-0.3, -0.25) is 4.79 Å². The smallest absolute Gasteiger partial charge is 0.331 e. The maximum atomic E-state index is 11.5. The number of hydrogen-bond donors (Lipinski definition) is 3. The number of ether oxygens (including phenoxy) is 1. The van der Waals surface area contributed by atoms with E-state index in [9.17, 15) is 24.9 Å². The first-order valence-electron chi connectivity index (χ1n) is 6.54. The first-order chi connectivity index (χ1) is 10.3. The van der Waals surface area contributed by atoms with Gasteiger partial charge in [0.25, 0.3) is 0 Å². The van der Waals surface area contributed by atoms with Gasteiger partial charge in [0.15, 0.2) is 11.5 Å². The monoisotopic (exact) mass is 304 g/mol. The molecule has 0 saturated carbocycles. The lowest BCUT2D eigenvalue weighted by Crippen LogP contribution is -2.29. The second-order valence-electron chi connectivity index (χ2n) is 5.36. The Balaban J connectivity index is 2.55. The number of aromatic hydroxyl groups is 1. The second kappa shape index (κ2) is 5.55. The molecule has 1 aliphatic rings. The zero-order valence-electron chi connectivity index (χ0n) is 12.2. The first-order valence-corrected chi connectivity index (χ1v) is 6.54. The van der Waals surface area contributed by atoms with E-state index in [-0.39, 0.29) is 23.5 Å². The molecular formula is C16H16O6. The molecule has 22 heavy (non-hydrogen) atoms. The van der Waals surface area contributed by atoms with Crippen molar-refractivity contribution in [2.45, 2.75) is 13.3 Å². The number of aliphatic carboxylic acids is 2. The molecule has 0 amide bonds. The molecule has 6 nitrogen and oxygen atoms in total. The molecule has 6 heteroatoms. The third-order valence-corrected chi connectivity index (χ3v) is 3.64. The molecule has 3 N–H and O–H groups in total. The molecule has 1 aromatic rings. The predicted molar refractivity (Wildman–Crippen MR) is 78.7 cm³/mol. The molecule has 2 rings (SSSR count). The van der Waals surface area contributed by atoms with Crippen LogP contribution in [0.15, 0.2) is 35.9 Å². The van der Waals surface area contributed by atoms with Gasteiger partial charge in [-0.15, -0.1) is 0 Å². The molecule has 116 valence electrons. The summed E-state index contributed by atoms with van der Waals surface area (Å²) in [5.74, 6) is -2.08. The maximum Gasteiger partial charge on any atom is 0.331 e. The second-order valence-corrected chi connectivity index (χ2v) is 5.36. The van der Waals surface area contributed by atoms with Crippen LogP contribution in [0.3, 0.4) is 0 Å². The number of allylic oxidation sites excluding steroid dienone is 2. The van der Waals surface area contributed by atoms with Crippen molar-refractivity contribution in [2.24, 2.45) is 5.41 Å². The number of benzene rings is 1. The van der Waals surface area contributed by atoms with E-state index in [0.717, 1.165) is 0 Å². The molecular weight excluding hydrogens is 288 g/mol. The van der Waals surface area contributed by atoms with Gasteiger partial charge in [0, 0.05) is 5.57 Å². The van der Waals surface area contributed by atoms with Crippen LogP contribution in [0.1, 0.15) is 18.9 Å². The van der Waals surface area contributed by atoms with E-state index in [1.54, 1.807) is 6.07 Å². The van der Waals surface area contributed by atoms with Crippen molar-refractivity contribution in [1.29, 1.82) is 0 Å². The fourth-order valence-corrected chi connectivity index (χ4v) is 2.38. The molecule has 1 aromatic carbocycles. The number of methoxy groups -OCH3 is 1. The fourth-order valence-electron chi connectivity index (χ4n) is 2.38. The summed E-state index contributed by atoms with van der Waals surface area (Å²) in [7, 11) is 1.42. The van der Waals surface area contributed by atoms with E-state index in [1.807, 2.05) is 0 Å². The van der Waals surface area contributed by atoms with Gasteiger partial charge in [-0.2, -0.15) is 0 Å². The number of carboxylic acid groups (broad SMARTS) is 2. The Morgan fingerprint density at radius 2 is 1.95 bits per heavy atom. The van der Waals surface area contributed by atoms with Crippen molar-refractivity contribution >= 4 is 17.5 Å². The molecule has 1 atom stereocenters. The molecule has 1 unspecified atom stereocenters. The molecule has 0 heterocycles. The normalized spacial score (nSPS) is 20.8. The van der Waals surface area contributed by atoms with Gasteiger partial charge in [0.05, 0.1) is 12.5 Å². The first kappa shape index (κ1) is 15.6. The molecule has 0 aromatic heterocycles. The van der Waals surface area contributed by atoms with E-state index in [0.29, 0.717) is 11.1 Å². The third-order valence-electron chi connectivity index (χ3n) is 3.64. The number of carbonyl (C=O) groups is 2. The topological polar surface area (TPSA) is 104 Å². The SMILES string of the molecule is COc1ccc(C2=CC(C)(C(=O)O)CC(C(=O)O)=C2)cc1O. The van der Waals surface area contributed by atoms with Crippen molar-refractivity contribution in [1.82, 2.24) is 0 Å². The van der Waals surface area contributed by atoms with Gasteiger partial charge < -0.3 is 20.1 Å². The Labute approximate surface area is 127 Å². The predicted octanol–water partition coefficient (Wildman–Crippen LogP) is 2.29. The summed E-state index contributed by atoms with van der Waals surface area (Å²) in [6.07, 6.45) is 2.83. The summed E-state index contributed by atoms with van der Waals surface area (Å²) in [6.45, 7) is 1.47. The van der Waals surface area contributed by atoms with Gasteiger partial charge >= 0.3 is 11.9 Å². The van der Waals surface area contributed by atoms with Gasteiger partial charge in [-0.25, -0.2) is 4.79 Å². The minimum atomic E-state index is -1.31. The van der Waals surface area contributed by atoms with E-state index in [2.05, 4.69) is 0 Å². The summed E-state index contributed by atoms with van der Waals surface area (Å²) in [5.41, 5.74) is -0.346. The van der Waals surface area contributed by atoms with Crippen LogP contribution in [0.25, 0.3) is 5.57 Å². The van der Waals surface area contributed by atoms with Crippen molar-refractivity contribution in [2.75, 3.05) is 7.11 Å². The van der Waals surface area contributed by atoms with E-state index >= 15 is 0 Å². The van der Waals surface area contributed by atoms with Crippen LogP contribution < -0.4 is 4.74 Å². The standard InChI is InChI=1S/C16H16O6/c1-16(15(20)21)7-10(5-11(8-16)14(18)19)9-3-4-13(22-2)12(17)6-9/h3-7,17H,8H2,1-2H3,(H,18,19)(H,20,21). The Morgan fingerprint density at radius 3 is 2.45 bits per heavy atom. The number of carboxylic acids is 2. The lowest BCUT2D eigenvalue weighted by molar-refractivity contribution is -0.145. The minimum Gasteiger partial charge on any atom is -0.504 e. The molecule has 0 aliphatic heterocycles. The van der Waals surface area contributed by atoms with Gasteiger partial charge in [0.2, 0.25) is 0 Å². The van der Waals surface area contributed by atoms with Crippen molar-refractivity contribution in [3.63, 3.8) is 0 Å². The van der Waals surface area contributed by atoms with Crippen molar-refractivity contribution in [3.05, 3.63) is 41.5 Å². The molecule has 0 spiro atoms. The highest BCUT2D eigenvalue weighted by Gasteiger charge is 2.36. The highest BCUT2D eigenvalue weighted by Crippen LogP contribution is 2.39. The summed E-state index contributed by atoms with van der Waals surface area (Å²) in [6, 6.07) is 4.58. The van der Waals surface area contributed by atoms with Crippen LogP contribution in [0, 0.1) is 5.41 Å². The quantitative estimate of drug-likeness (QED) is 0.788. The molecule has 0 radical (unpaired) electrons. The van der Waals surface area contributed by atoms with Crippen LogP contribution in [0.4, 0.5) is 0 Å². The molecule has 0 fully saturated rings.